The number of aromatic nitrogens is 1. The van der Waals surface area contributed by atoms with E-state index in [1.165, 1.54) is 0 Å². The van der Waals surface area contributed by atoms with Crippen LogP contribution in [0.5, 0.6) is 5.75 Å². The summed E-state index contributed by atoms with van der Waals surface area (Å²) < 4.78 is 6.96. The number of methoxy groups -OCH3 is 1. The van der Waals surface area contributed by atoms with Crippen LogP contribution in [0, 0.1) is 5.92 Å². The van der Waals surface area contributed by atoms with Crippen LogP contribution in [-0.4, -0.2) is 34.7 Å². The molecule has 1 heterocycles. The molecule has 1 aromatic carbocycles. The van der Waals surface area contributed by atoms with Gasteiger partial charge in [0.25, 0.3) is 0 Å². The third-order valence-corrected chi connectivity index (χ3v) is 3.63. The van der Waals surface area contributed by atoms with E-state index in [-0.39, 0.29) is 18.4 Å². The number of hydrogen-bond donors (Lipinski definition) is 2. The van der Waals surface area contributed by atoms with Crippen LogP contribution in [0.3, 0.4) is 0 Å². The molecule has 0 bridgehead atoms. The first-order valence-corrected chi connectivity index (χ1v) is 7.55. The Bertz CT molecular complexity index is 706. The highest BCUT2D eigenvalue weighted by atomic mass is 16.5. The summed E-state index contributed by atoms with van der Waals surface area (Å²) in [5.41, 5.74) is 0.900. The predicted molar refractivity (Wildman–Crippen MR) is 87.5 cm³/mol. The van der Waals surface area contributed by atoms with Crippen molar-refractivity contribution in [3.05, 3.63) is 30.5 Å². The summed E-state index contributed by atoms with van der Waals surface area (Å²) in [7, 11) is 1.60. The van der Waals surface area contributed by atoms with Crippen LogP contribution in [0.4, 0.5) is 0 Å². The van der Waals surface area contributed by atoms with Gasteiger partial charge in [-0.05, 0) is 36.6 Å². The second-order valence-electron chi connectivity index (χ2n) is 5.96. The van der Waals surface area contributed by atoms with E-state index in [0.717, 1.165) is 16.7 Å². The molecule has 1 aromatic heterocycles. The van der Waals surface area contributed by atoms with Gasteiger partial charge in [-0.1, -0.05) is 13.8 Å². The van der Waals surface area contributed by atoms with Crippen molar-refractivity contribution in [1.29, 1.82) is 0 Å². The minimum atomic E-state index is -1.01. The summed E-state index contributed by atoms with van der Waals surface area (Å²) in [5.74, 6) is -0.376. The lowest BCUT2D eigenvalue weighted by atomic mass is 10.0. The van der Waals surface area contributed by atoms with E-state index in [4.69, 9.17) is 4.74 Å². The summed E-state index contributed by atoms with van der Waals surface area (Å²) in [6.45, 7) is 3.93. The van der Waals surface area contributed by atoms with E-state index in [0.29, 0.717) is 6.42 Å². The van der Waals surface area contributed by atoms with Gasteiger partial charge in [0.05, 0.1) is 7.11 Å². The lowest BCUT2D eigenvalue weighted by molar-refractivity contribution is -0.142. The fourth-order valence-electron chi connectivity index (χ4n) is 2.53. The van der Waals surface area contributed by atoms with Crippen molar-refractivity contribution < 1.29 is 19.4 Å². The topological polar surface area (TPSA) is 80.6 Å². The van der Waals surface area contributed by atoms with Crippen molar-refractivity contribution in [3.63, 3.8) is 0 Å². The van der Waals surface area contributed by atoms with E-state index in [9.17, 15) is 14.7 Å². The fourth-order valence-corrected chi connectivity index (χ4v) is 2.53. The summed E-state index contributed by atoms with van der Waals surface area (Å²) in [4.78, 5) is 23.4. The Kier molecular flexibility index (Phi) is 5.26. The molecule has 0 saturated heterocycles. The quantitative estimate of drug-likeness (QED) is 0.820. The number of carboxylic acids is 1. The second-order valence-corrected chi connectivity index (χ2v) is 5.96. The van der Waals surface area contributed by atoms with Crippen LogP contribution in [0.2, 0.25) is 0 Å². The number of rotatable bonds is 7. The average Bonchev–Trinajstić information content (AvgIpc) is 2.88. The molecule has 1 atom stereocenters. The molecule has 0 saturated carbocycles. The molecule has 124 valence electrons. The van der Waals surface area contributed by atoms with Crippen LogP contribution in [-0.2, 0) is 16.1 Å². The molecule has 0 fully saturated rings. The fraction of sp³-hybridized carbons (Fsp3) is 0.412. The van der Waals surface area contributed by atoms with Crippen LogP contribution in [0.1, 0.15) is 20.3 Å². The van der Waals surface area contributed by atoms with Gasteiger partial charge >= 0.3 is 5.97 Å². The summed E-state index contributed by atoms with van der Waals surface area (Å²) in [5, 5.41) is 12.7. The number of carbonyl (C=O) groups is 2. The number of fused-ring (bicyclic) bond motifs is 1. The van der Waals surface area contributed by atoms with Crippen LogP contribution >= 0.6 is 0 Å². The van der Waals surface area contributed by atoms with Gasteiger partial charge < -0.3 is 19.7 Å². The number of benzene rings is 1. The van der Waals surface area contributed by atoms with Crippen molar-refractivity contribution in [2.45, 2.75) is 32.9 Å². The molecule has 23 heavy (non-hydrogen) atoms. The van der Waals surface area contributed by atoms with E-state index >= 15 is 0 Å². The first-order chi connectivity index (χ1) is 10.9. The van der Waals surface area contributed by atoms with Crippen molar-refractivity contribution >= 4 is 22.8 Å². The molecule has 1 amide bonds. The van der Waals surface area contributed by atoms with Gasteiger partial charge in [-0.2, -0.15) is 0 Å². The maximum Gasteiger partial charge on any atom is 0.326 e. The van der Waals surface area contributed by atoms with Crippen molar-refractivity contribution in [2.24, 2.45) is 5.92 Å². The highest BCUT2D eigenvalue weighted by Gasteiger charge is 2.21. The van der Waals surface area contributed by atoms with Crippen LogP contribution in [0.25, 0.3) is 10.9 Å². The number of nitrogens with zero attached hydrogens (tertiary/aromatic N) is 1. The molecule has 6 heteroatoms. The highest BCUT2D eigenvalue weighted by molar-refractivity contribution is 5.86. The molecular weight excluding hydrogens is 296 g/mol. The lowest BCUT2D eigenvalue weighted by Gasteiger charge is -2.17. The zero-order valence-electron chi connectivity index (χ0n) is 13.6. The molecule has 2 N–H and O–H groups in total. The SMILES string of the molecule is COc1ccc2c(ccn2CC(=O)N[C@H](CC(C)C)C(=O)O)c1. The summed E-state index contributed by atoms with van der Waals surface area (Å²) in [6.07, 6.45) is 2.21. The first-order valence-electron chi connectivity index (χ1n) is 7.55. The van der Waals surface area contributed by atoms with E-state index in [1.807, 2.05) is 44.3 Å². The second kappa shape index (κ2) is 7.17. The molecule has 6 nitrogen and oxygen atoms in total. The zero-order valence-corrected chi connectivity index (χ0v) is 13.6. The normalized spacial score (nSPS) is 12.3. The number of amides is 1. The lowest BCUT2D eigenvalue weighted by Crippen LogP contribution is -2.43. The largest absolute Gasteiger partial charge is 0.497 e. The molecule has 0 unspecified atom stereocenters. The summed E-state index contributed by atoms with van der Waals surface area (Å²) >= 11 is 0. The van der Waals surface area contributed by atoms with Crippen molar-refractivity contribution in [1.82, 2.24) is 9.88 Å². The number of nitrogens with one attached hydrogen (secondary N) is 1. The molecule has 0 aliphatic rings. The Morgan fingerprint density at radius 2 is 2.04 bits per heavy atom. The Morgan fingerprint density at radius 3 is 2.65 bits per heavy atom. The zero-order chi connectivity index (χ0) is 17.0. The van der Waals surface area contributed by atoms with Crippen LogP contribution in [0.15, 0.2) is 30.5 Å². The number of carbonyl (C=O) groups excluding carboxylic acids is 1. The minimum absolute atomic E-state index is 0.0811. The standard InChI is InChI=1S/C17H22N2O4/c1-11(2)8-14(17(21)22)18-16(20)10-19-7-6-12-9-13(23-3)4-5-15(12)19/h4-7,9,11,14H,8,10H2,1-3H3,(H,18,20)(H,21,22)/t14-/m1/s1. The average molecular weight is 318 g/mol. The maximum atomic E-state index is 12.2. The van der Waals surface area contributed by atoms with Crippen molar-refractivity contribution in [3.8, 4) is 5.75 Å². The van der Waals surface area contributed by atoms with Gasteiger partial charge in [0.15, 0.2) is 0 Å². The molecule has 0 aliphatic heterocycles. The van der Waals surface area contributed by atoms with Gasteiger partial charge in [0.1, 0.15) is 18.3 Å². The number of hydrogen-bond acceptors (Lipinski definition) is 3. The Morgan fingerprint density at radius 1 is 1.30 bits per heavy atom. The van der Waals surface area contributed by atoms with E-state index < -0.39 is 12.0 Å². The molecule has 0 radical (unpaired) electrons. The third kappa shape index (κ3) is 4.25. The van der Waals surface area contributed by atoms with Gasteiger partial charge in [-0.25, -0.2) is 4.79 Å². The van der Waals surface area contributed by atoms with E-state index in [1.54, 1.807) is 11.7 Å². The molecule has 2 rings (SSSR count). The molecule has 0 spiro atoms. The Balaban J connectivity index is 2.09. The Hall–Kier alpha value is -2.50. The number of ether oxygens (including phenoxy) is 1. The molecule has 2 aromatic rings. The summed E-state index contributed by atoms with van der Waals surface area (Å²) in [6, 6.07) is 6.64. The van der Waals surface area contributed by atoms with Crippen molar-refractivity contribution in [2.75, 3.05) is 7.11 Å². The van der Waals surface area contributed by atoms with Gasteiger partial charge in [0, 0.05) is 17.1 Å². The van der Waals surface area contributed by atoms with Gasteiger partial charge in [-0.15, -0.1) is 0 Å². The number of aliphatic carboxylic acids is 1. The third-order valence-electron chi connectivity index (χ3n) is 3.63. The number of carboxylic acid groups (broad SMARTS) is 1. The minimum Gasteiger partial charge on any atom is -0.497 e. The van der Waals surface area contributed by atoms with E-state index in [2.05, 4.69) is 5.32 Å². The maximum absolute atomic E-state index is 12.2. The monoisotopic (exact) mass is 318 g/mol. The first kappa shape index (κ1) is 16.9. The molecular formula is C17H22N2O4. The van der Waals surface area contributed by atoms with Gasteiger partial charge in [-0.3, -0.25) is 4.79 Å². The smallest absolute Gasteiger partial charge is 0.326 e. The van der Waals surface area contributed by atoms with Gasteiger partial charge in [0.2, 0.25) is 5.91 Å². The Labute approximate surface area is 135 Å². The highest BCUT2D eigenvalue weighted by Crippen LogP contribution is 2.21. The molecule has 0 aliphatic carbocycles. The predicted octanol–water partition coefficient (Wildman–Crippen LogP) is 2.27. The van der Waals surface area contributed by atoms with Crippen LogP contribution < -0.4 is 10.1 Å².